The fourth-order valence-electron chi connectivity index (χ4n) is 2.82. The Bertz CT molecular complexity index is 726. The molecule has 7 heteroatoms. The second-order valence-corrected chi connectivity index (χ2v) is 6.15. The van der Waals surface area contributed by atoms with Crippen molar-refractivity contribution in [1.29, 1.82) is 0 Å². The molecule has 2 aromatic rings. The van der Waals surface area contributed by atoms with E-state index in [1.165, 1.54) is 0 Å². The van der Waals surface area contributed by atoms with Gasteiger partial charge in [0, 0.05) is 25.8 Å². The standard InChI is InChI=1S/C19H20F3N3O/c20-19(21,22)17-8-11-23-18(24-17)26-16-9-13-25(14-10-16)12-4-7-15-5-2-1-3-6-15/h1-8,11,16H,9-10,12-14H2. The van der Waals surface area contributed by atoms with Gasteiger partial charge in [0.2, 0.25) is 0 Å². The third kappa shape index (κ3) is 5.29. The summed E-state index contributed by atoms with van der Waals surface area (Å²) in [6, 6.07) is 10.7. The molecule has 0 bridgehead atoms. The lowest BCUT2D eigenvalue weighted by Gasteiger charge is -2.30. The minimum Gasteiger partial charge on any atom is -0.460 e. The normalized spacial score (nSPS) is 16.9. The fourth-order valence-corrected chi connectivity index (χ4v) is 2.82. The number of piperidine rings is 1. The molecule has 0 spiro atoms. The van der Waals surface area contributed by atoms with Crippen molar-refractivity contribution in [3.8, 4) is 6.01 Å². The van der Waals surface area contributed by atoms with E-state index in [1.54, 1.807) is 0 Å². The third-order valence-electron chi connectivity index (χ3n) is 4.20. The van der Waals surface area contributed by atoms with Gasteiger partial charge in [0.05, 0.1) is 0 Å². The van der Waals surface area contributed by atoms with Crippen LogP contribution in [-0.2, 0) is 6.18 Å². The number of hydrogen-bond acceptors (Lipinski definition) is 4. The van der Waals surface area contributed by atoms with Crippen LogP contribution >= 0.6 is 0 Å². The van der Waals surface area contributed by atoms with Crippen molar-refractivity contribution in [3.05, 3.63) is 59.9 Å². The van der Waals surface area contributed by atoms with Crippen LogP contribution in [0.1, 0.15) is 24.1 Å². The summed E-state index contributed by atoms with van der Waals surface area (Å²) in [6.07, 6.45) is 2.10. The van der Waals surface area contributed by atoms with Crippen LogP contribution in [0.25, 0.3) is 6.08 Å². The van der Waals surface area contributed by atoms with E-state index in [9.17, 15) is 13.2 Å². The lowest BCUT2D eigenvalue weighted by atomic mass is 10.1. The first-order valence-electron chi connectivity index (χ1n) is 8.51. The number of rotatable bonds is 5. The summed E-state index contributed by atoms with van der Waals surface area (Å²) in [5.74, 6) is 0. The smallest absolute Gasteiger partial charge is 0.433 e. The molecule has 2 heterocycles. The number of halogens is 3. The van der Waals surface area contributed by atoms with E-state index in [0.717, 1.165) is 50.3 Å². The maximum absolute atomic E-state index is 12.7. The van der Waals surface area contributed by atoms with E-state index in [2.05, 4.69) is 27.0 Å². The van der Waals surface area contributed by atoms with Gasteiger partial charge in [-0.05, 0) is 24.5 Å². The van der Waals surface area contributed by atoms with Crippen molar-refractivity contribution in [1.82, 2.24) is 14.9 Å². The predicted octanol–water partition coefficient (Wildman–Crippen LogP) is 4.05. The molecule has 1 fully saturated rings. The molecule has 1 aliphatic heterocycles. The van der Waals surface area contributed by atoms with Crippen LogP contribution in [0, 0.1) is 0 Å². The summed E-state index contributed by atoms with van der Waals surface area (Å²) in [4.78, 5) is 9.53. The molecule has 0 N–H and O–H groups in total. The molecule has 1 aromatic heterocycles. The molecule has 0 aliphatic carbocycles. The van der Waals surface area contributed by atoms with Gasteiger partial charge >= 0.3 is 12.2 Å². The molecule has 0 unspecified atom stereocenters. The summed E-state index contributed by atoms with van der Waals surface area (Å²) >= 11 is 0. The minimum absolute atomic E-state index is 0.159. The Labute approximate surface area is 150 Å². The van der Waals surface area contributed by atoms with Gasteiger partial charge in [-0.3, -0.25) is 4.90 Å². The van der Waals surface area contributed by atoms with E-state index in [4.69, 9.17) is 4.74 Å². The van der Waals surface area contributed by atoms with Crippen LogP contribution in [0.2, 0.25) is 0 Å². The monoisotopic (exact) mass is 363 g/mol. The van der Waals surface area contributed by atoms with E-state index in [0.29, 0.717) is 0 Å². The Morgan fingerprint density at radius 2 is 1.85 bits per heavy atom. The summed E-state index contributed by atoms with van der Waals surface area (Å²) < 4.78 is 43.6. The van der Waals surface area contributed by atoms with E-state index in [-0.39, 0.29) is 12.1 Å². The van der Waals surface area contributed by atoms with Crippen molar-refractivity contribution >= 4 is 6.08 Å². The molecule has 0 radical (unpaired) electrons. The molecule has 0 amide bonds. The lowest BCUT2D eigenvalue weighted by Crippen LogP contribution is -2.38. The highest BCUT2D eigenvalue weighted by Gasteiger charge is 2.33. The molecule has 26 heavy (non-hydrogen) atoms. The van der Waals surface area contributed by atoms with Crippen LogP contribution < -0.4 is 4.74 Å². The minimum atomic E-state index is -4.49. The maximum atomic E-state index is 12.7. The molecule has 0 saturated carbocycles. The molecule has 0 atom stereocenters. The van der Waals surface area contributed by atoms with Gasteiger partial charge in [0.1, 0.15) is 6.10 Å². The quantitative estimate of drug-likeness (QED) is 0.803. The zero-order chi connectivity index (χ0) is 18.4. The SMILES string of the molecule is FC(F)(F)c1ccnc(OC2CCN(CC=Cc3ccccc3)CC2)n1. The number of likely N-dealkylation sites (tertiary alicyclic amines) is 1. The second-order valence-electron chi connectivity index (χ2n) is 6.15. The number of alkyl halides is 3. The van der Waals surface area contributed by atoms with Gasteiger partial charge in [-0.1, -0.05) is 42.5 Å². The van der Waals surface area contributed by atoms with Crippen molar-refractivity contribution in [3.63, 3.8) is 0 Å². The molecule has 1 aliphatic rings. The molecule has 1 saturated heterocycles. The first-order chi connectivity index (χ1) is 12.5. The van der Waals surface area contributed by atoms with Gasteiger partial charge in [-0.25, -0.2) is 4.98 Å². The van der Waals surface area contributed by atoms with Gasteiger partial charge in [-0.15, -0.1) is 0 Å². The van der Waals surface area contributed by atoms with Crippen molar-refractivity contribution < 1.29 is 17.9 Å². The number of aromatic nitrogens is 2. The molecule has 4 nitrogen and oxygen atoms in total. The lowest BCUT2D eigenvalue weighted by molar-refractivity contribution is -0.141. The maximum Gasteiger partial charge on any atom is 0.433 e. The number of nitrogens with zero attached hydrogens (tertiary/aromatic N) is 3. The predicted molar refractivity (Wildman–Crippen MR) is 92.6 cm³/mol. The average molecular weight is 363 g/mol. The van der Waals surface area contributed by atoms with E-state index in [1.807, 2.05) is 30.3 Å². The largest absolute Gasteiger partial charge is 0.460 e. The first-order valence-corrected chi connectivity index (χ1v) is 8.51. The molecule has 138 valence electrons. The van der Waals surface area contributed by atoms with Crippen molar-refractivity contribution in [2.75, 3.05) is 19.6 Å². The Hall–Kier alpha value is -2.41. The second kappa shape index (κ2) is 8.31. The molecule has 1 aromatic carbocycles. The number of ether oxygens (including phenoxy) is 1. The molecule has 3 rings (SSSR count). The Morgan fingerprint density at radius 1 is 1.12 bits per heavy atom. The summed E-state index contributed by atoms with van der Waals surface area (Å²) in [5, 5.41) is 0. The summed E-state index contributed by atoms with van der Waals surface area (Å²) in [6.45, 7) is 2.48. The topological polar surface area (TPSA) is 38.2 Å². The van der Waals surface area contributed by atoms with Gasteiger partial charge in [0.15, 0.2) is 5.69 Å². The van der Waals surface area contributed by atoms with Gasteiger partial charge < -0.3 is 4.74 Å². The van der Waals surface area contributed by atoms with Crippen molar-refractivity contribution in [2.24, 2.45) is 0 Å². The highest BCUT2D eigenvalue weighted by Crippen LogP contribution is 2.28. The zero-order valence-corrected chi connectivity index (χ0v) is 14.2. The van der Waals surface area contributed by atoms with Crippen LogP contribution in [0.4, 0.5) is 13.2 Å². The Balaban J connectivity index is 1.46. The zero-order valence-electron chi connectivity index (χ0n) is 14.2. The summed E-state index contributed by atoms with van der Waals surface area (Å²) in [5.41, 5.74) is 0.179. The fraction of sp³-hybridized carbons (Fsp3) is 0.368. The highest BCUT2D eigenvalue weighted by atomic mass is 19.4. The van der Waals surface area contributed by atoms with Crippen LogP contribution in [0.15, 0.2) is 48.7 Å². The van der Waals surface area contributed by atoms with E-state index >= 15 is 0 Å². The average Bonchev–Trinajstić information content (AvgIpc) is 2.64. The van der Waals surface area contributed by atoms with Crippen LogP contribution in [0.5, 0.6) is 6.01 Å². The highest BCUT2D eigenvalue weighted by molar-refractivity contribution is 5.48. The summed E-state index contributed by atoms with van der Waals surface area (Å²) in [7, 11) is 0. The van der Waals surface area contributed by atoms with Crippen molar-refractivity contribution in [2.45, 2.75) is 25.1 Å². The Kier molecular flexibility index (Phi) is 5.88. The third-order valence-corrected chi connectivity index (χ3v) is 4.20. The first kappa shape index (κ1) is 18.4. The van der Waals surface area contributed by atoms with Crippen LogP contribution in [-0.4, -0.2) is 40.6 Å². The molecular weight excluding hydrogens is 343 g/mol. The van der Waals surface area contributed by atoms with Crippen LogP contribution in [0.3, 0.4) is 0 Å². The molecular formula is C19H20F3N3O. The number of hydrogen-bond donors (Lipinski definition) is 0. The number of benzene rings is 1. The van der Waals surface area contributed by atoms with Gasteiger partial charge in [0.25, 0.3) is 0 Å². The Morgan fingerprint density at radius 3 is 2.54 bits per heavy atom. The van der Waals surface area contributed by atoms with E-state index < -0.39 is 11.9 Å². The van der Waals surface area contributed by atoms with Gasteiger partial charge in [-0.2, -0.15) is 18.2 Å².